The van der Waals surface area contributed by atoms with Gasteiger partial charge in [-0.05, 0) is 55.4 Å². The van der Waals surface area contributed by atoms with Gasteiger partial charge in [0.2, 0.25) is 5.91 Å². The number of hydrogen-bond donors (Lipinski definition) is 2. The molecule has 0 atom stereocenters. The van der Waals surface area contributed by atoms with Crippen LogP contribution in [0.4, 0.5) is 5.69 Å². The molecule has 0 aromatic heterocycles. The van der Waals surface area contributed by atoms with Gasteiger partial charge in [-0.15, -0.1) is 0 Å². The molecule has 1 aromatic rings. The second-order valence-corrected chi connectivity index (χ2v) is 5.04. The van der Waals surface area contributed by atoms with Crippen molar-refractivity contribution in [1.29, 1.82) is 0 Å². The Labute approximate surface area is 102 Å². The van der Waals surface area contributed by atoms with Crippen LogP contribution in [0.2, 0.25) is 0 Å². The van der Waals surface area contributed by atoms with Crippen molar-refractivity contribution in [3.8, 4) is 0 Å². The molecule has 1 amide bonds. The Morgan fingerprint density at radius 3 is 2.88 bits per heavy atom. The summed E-state index contributed by atoms with van der Waals surface area (Å²) in [4.78, 5) is 11.7. The van der Waals surface area contributed by atoms with E-state index in [0.29, 0.717) is 12.6 Å². The lowest BCUT2D eigenvalue weighted by Gasteiger charge is -2.08. The van der Waals surface area contributed by atoms with E-state index >= 15 is 0 Å². The molecule has 1 fully saturated rings. The molecule has 0 saturated heterocycles. The van der Waals surface area contributed by atoms with E-state index in [0.717, 1.165) is 12.1 Å². The van der Waals surface area contributed by atoms with E-state index in [1.807, 2.05) is 6.07 Å². The van der Waals surface area contributed by atoms with Crippen LogP contribution < -0.4 is 10.6 Å². The highest BCUT2D eigenvalue weighted by Crippen LogP contribution is 2.24. The summed E-state index contributed by atoms with van der Waals surface area (Å²) >= 11 is 0. The van der Waals surface area contributed by atoms with Gasteiger partial charge in [-0.3, -0.25) is 4.79 Å². The van der Waals surface area contributed by atoms with Crippen LogP contribution in [0.3, 0.4) is 0 Å². The Morgan fingerprint density at radius 1 is 1.24 bits per heavy atom. The van der Waals surface area contributed by atoms with Crippen LogP contribution in [0.25, 0.3) is 0 Å². The minimum atomic E-state index is 0.0647. The number of nitrogens with one attached hydrogen (secondary N) is 2. The van der Waals surface area contributed by atoms with Gasteiger partial charge in [0.15, 0.2) is 0 Å². The van der Waals surface area contributed by atoms with Crippen molar-refractivity contribution in [3.63, 3.8) is 0 Å². The summed E-state index contributed by atoms with van der Waals surface area (Å²) in [5.41, 5.74) is 3.78. The summed E-state index contributed by atoms with van der Waals surface area (Å²) < 4.78 is 0. The molecule has 0 spiro atoms. The SMILES string of the molecule is O=C(CNC1CC1)Nc1ccc2c(c1)CCC2. The predicted molar refractivity (Wildman–Crippen MR) is 68.1 cm³/mol. The van der Waals surface area contributed by atoms with E-state index in [9.17, 15) is 4.79 Å². The maximum Gasteiger partial charge on any atom is 0.238 e. The third kappa shape index (κ3) is 2.67. The van der Waals surface area contributed by atoms with Gasteiger partial charge in [0.25, 0.3) is 0 Å². The van der Waals surface area contributed by atoms with Gasteiger partial charge in [-0.2, -0.15) is 0 Å². The van der Waals surface area contributed by atoms with Crippen molar-refractivity contribution in [1.82, 2.24) is 5.32 Å². The summed E-state index contributed by atoms with van der Waals surface area (Å²) in [6, 6.07) is 6.86. The molecule has 2 N–H and O–H groups in total. The fraction of sp³-hybridized carbons (Fsp3) is 0.500. The van der Waals surface area contributed by atoms with E-state index in [1.165, 1.54) is 36.8 Å². The largest absolute Gasteiger partial charge is 0.325 e. The molecular formula is C14H18N2O. The first-order valence-electron chi connectivity index (χ1n) is 6.46. The first-order valence-corrected chi connectivity index (χ1v) is 6.46. The van der Waals surface area contributed by atoms with Crippen molar-refractivity contribution >= 4 is 11.6 Å². The minimum Gasteiger partial charge on any atom is -0.325 e. The number of carbonyl (C=O) groups is 1. The molecule has 3 nitrogen and oxygen atoms in total. The number of anilines is 1. The molecule has 0 aliphatic heterocycles. The lowest BCUT2D eigenvalue weighted by atomic mass is 10.1. The van der Waals surface area contributed by atoms with E-state index < -0.39 is 0 Å². The number of amides is 1. The Kier molecular flexibility index (Phi) is 2.85. The number of hydrogen-bond acceptors (Lipinski definition) is 2. The van der Waals surface area contributed by atoms with E-state index in [2.05, 4.69) is 22.8 Å². The van der Waals surface area contributed by atoms with Gasteiger partial charge in [-0.25, -0.2) is 0 Å². The summed E-state index contributed by atoms with van der Waals surface area (Å²) in [5.74, 6) is 0.0647. The highest BCUT2D eigenvalue weighted by Gasteiger charge is 2.21. The van der Waals surface area contributed by atoms with Crippen LogP contribution in [-0.4, -0.2) is 18.5 Å². The van der Waals surface area contributed by atoms with Crippen LogP contribution in [0, 0.1) is 0 Å². The average Bonchev–Trinajstić information content (AvgIpc) is 3.04. The zero-order valence-corrected chi connectivity index (χ0v) is 9.96. The van der Waals surface area contributed by atoms with Gasteiger partial charge in [0.05, 0.1) is 6.54 Å². The number of fused-ring (bicyclic) bond motifs is 1. The van der Waals surface area contributed by atoms with Gasteiger partial charge in [0, 0.05) is 11.7 Å². The standard InChI is InChI=1S/C14H18N2O/c17-14(9-15-12-6-7-12)16-13-5-4-10-2-1-3-11(10)8-13/h4-5,8,12,15H,1-3,6-7,9H2,(H,16,17). The molecule has 90 valence electrons. The second-order valence-electron chi connectivity index (χ2n) is 5.04. The molecule has 3 rings (SSSR count). The summed E-state index contributed by atoms with van der Waals surface area (Å²) in [6.07, 6.45) is 6.01. The smallest absolute Gasteiger partial charge is 0.238 e. The van der Waals surface area contributed by atoms with Crippen LogP contribution in [0.15, 0.2) is 18.2 Å². The van der Waals surface area contributed by atoms with E-state index in [4.69, 9.17) is 0 Å². The molecule has 1 saturated carbocycles. The van der Waals surface area contributed by atoms with Gasteiger partial charge >= 0.3 is 0 Å². The number of carbonyl (C=O) groups excluding carboxylic acids is 1. The van der Waals surface area contributed by atoms with Crippen LogP contribution in [-0.2, 0) is 17.6 Å². The normalized spacial score (nSPS) is 17.9. The van der Waals surface area contributed by atoms with Crippen LogP contribution in [0.1, 0.15) is 30.4 Å². The number of benzene rings is 1. The van der Waals surface area contributed by atoms with Crippen molar-refractivity contribution in [2.75, 3.05) is 11.9 Å². The van der Waals surface area contributed by atoms with Crippen molar-refractivity contribution in [3.05, 3.63) is 29.3 Å². The molecular weight excluding hydrogens is 212 g/mol. The van der Waals surface area contributed by atoms with Crippen LogP contribution in [0.5, 0.6) is 0 Å². The van der Waals surface area contributed by atoms with E-state index in [-0.39, 0.29) is 5.91 Å². The maximum atomic E-state index is 11.7. The molecule has 0 heterocycles. The van der Waals surface area contributed by atoms with Gasteiger partial charge < -0.3 is 10.6 Å². The monoisotopic (exact) mass is 230 g/mol. The molecule has 17 heavy (non-hydrogen) atoms. The molecule has 2 aliphatic carbocycles. The quantitative estimate of drug-likeness (QED) is 0.829. The maximum absolute atomic E-state index is 11.7. The highest BCUT2D eigenvalue weighted by atomic mass is 16.1. The zero-order valence-electron chi connectivity index (χ0n) is 9.96. The summed E-state index contributed by atoms with van der Waals surface area (Å²) in [6.45, 7) is 0.432. The molecule has 2 aliphatic rings. The first kappa shape index (κ1) is 10.8. The third-order valence-corrected chi connectivity index (χ3v) is 3.51. The molecule has 1 aromatic carbocycles. The lowest BCUT2D eigenvalue weighted by molar-refractivity contribution is -0.115. The highest BCUT2D eigenvalue weighted by molar-refractivity contribution is 5.92. The molecule has 3 heteroatoms. The summed E-state index contributed by atoms with van der Waals surface area (Å²) in [5, 5.41) is 6.17. The predicted octanol–water partition coefficient (Wildman–Crippen LogP) is 1.87. The third-order valence-electron chi connectivity index (χ3n) is 3.51. The Bertz CT molecular complexity index is 438. The molecule has 0 unspecified atom stereocenters. The Hall–Kier alpha value is -1.35. The fourth-order valence-electron chi connectivity index (χ4n) is 2.38. The minimum absolute atomic E-state index is 0.0647. The Morgan fingerprint density at radius 2 is 2.06 bits per heavy atom. The van der Waals surface area contributed by atoms with Crippen molar-refractivity contribution in [2.45, 2.75) is 38.1 Å². The molecule has 0 radical (unpaired) electrons. The molecule has 0 bridgehead atoms. The lowest BCUT2D eigenvalue weighted by Crippen LogP contribution is -2.29. The topological polar surface area (TPSA) is 41.1 Å². The Balaban J connectivity index is 1.58. The van der Waals surface area contributed by atoms with Gasteiger partial charge in [-0.1, -0.05) is 6.07 Å². The first-order chi connectivity index (χ1) is 8.31. The average molecular weight is 230 g/mol. The van der Waals surface area contributed by atoms with Crippen molar-refractivity contribution in [2.24, 2.45) is 0 Å². The fourth-order valence-corrected chi connectivity index (χ4v) is 2.38. The number of rotatable bonds is 4. The zero-order chi connectivity index (χ0) is 11.7. The number of aryl methyl sites for hydroxylation is 2. The van der Waals surface area contributed by atoms with Gasteiger partial charge in [0.1, 0.15) is 0 Å². The second kappa shape index (κ2) is 4.49. The van der Waals surface area contributed by atoms with Crippen LogP contribution >= 0.6 is 0 Å². The van der Waals surface area contributed by atoms with E-state index in [1.54, 1.807) is 0 Å². The van der Waals surface area contributed by atoms with Crippen molar-refractivity contribution < 1.29 is 4.79 Å². The summed E-state index contributed by atoms with van der Waals surface area (Å²) in [7, 11) is 0.